The Morgan fingerprint density at radius 1 is 1.04 bits per heavy atom. The first-order chi connectivity index (χ1) is 13.6. The topological polar surface area (TPSA) is 84.7 Å². The Labute approximate surface area is 162 Å². The summed E-state index contributed by atoms with van der Waals surface area (Å²) in [6.07, 6.45) is 0. The van der Waals surface area contributed by atoms with Crippen molar-refractivity contribution in [2.24, 2.45) is 0 Å². The third-order valence-corrected chi connectivity index (χ3v) is 4.13. The van der Waals surface area contributed by atoms with Gasteiger partial charge in [0.15, 0.2) is 0 Å². The number of ether oxygens (including phenoxy) is 1. The van der Waals surface area contributed by atoms with E-state index in [0.717, 1.165) is 11.3 Å². The van der Waals surface area contributed by atoms with Crippen LogP contribution in [0.15, 0.2) is 78.9 Å². The molecule has 0 radical (unpaired) electrons. The minimum atomic E-state index is -0.546. The Morgan fingerprint density at radius 3 is 2.29 bits per heavy atom. The van der Waals surface area contributed by atoms with Gasteiger partial charge < -0.3 is 4.74 Å². The maximum Gasteiger partial charge on any atom is 0.273 e. The number of carbonyl (C=O) groups is 1. The summed E-state index contributed by atoms with van der Waals surface area (Å²) >= 11 is 0. The minimum Gasteiger partial charge on any atom is -0.496 e. The molecular formula is C21H19N3O4. The molecule has 0 fully saturated rings. The Hall–Kier alpha value is -3.87. The molecule has 0 aliphatic rings. The molecule has 1 N–H and O–H groups in total. The van der Waals surface area contributed by atoms with E-state index in [1.54, 1.807) is 5.01 Å². The normalized spacial score (nSPS) is 10.2. The molecule has 3 rings (SSSR count). The van der Waals surface area contributed by atoms with Crippen LogP contribution in [0, 0.1) is 10.1 Å². The highest BCUT2D eigenvalue weighted by molar-refractivity contribution is 5.98. The average molecular weight is 377 g/mol. The highest BCUT2D eigenvalue weighted by Gasteiger charge is 2.20. The fourth-order valence-corrected chi connectivity index (χ4v) is 2.74. The number of nitro benzene ring substituents is 1. The molecule has 1 amide bonds. The van der Waals surface area contributed by atoms with Gasteiger partial charge in [0, 0.05) is 12.1 Å². The lowest BCUT2D eigenvalue weighted by molar-refractivity contribution is -0.384. The van der Waals surface area contributed by atoms with Gasteiger partial charge in [-0.2, -0.15) is 0 Å². The van der Waals surface area contributed by atoms with Crippen LogP contribution in [0.5, 0.6) is 5.75 Å². The number of para-hydroxylation sites is 1. The summed E-state index contributed by atoms with van der Waals surface area (Å²) in [5.41, 5.74) is 4.52. The second kappa shape index (κ2) is 8.68. The number of benzene rings is 3. The van der Waals surface area contributed by atoms with E-state index in [1.165, 1.54) is 25.3 Å². The number of carbonyl (C=O) groups excluding carboxylic acids is 1. The van der Waals surface area contributed by atoms with Crippen molar-refractivity contribution in [3.05, 3.63) is 100 Å². The second-order valence-electron chi connectivity index (χ2n) is 5.99. The third-order valence-electron chi connectivity index (χ3n) is 4.13. The summed E-state index contributed by atoms with van der Waals surface area (Å²) in [6, 6.07) is 23.0. The van der Waals surface area contributed by atoms with E-state index in [2.05, 4.69) is 5.43 Å². The molecule has 0 aliphatic heterocycles. The van der Waals surface area contributed by atoms with Gasteiger partial charge in [-0.1, -0.05) is 48.5 Å². The minimum absolute atomic E-state index is 0.0886. The molecule has 7 nitrogen and oxygen atoms in total. The first kappa shape index (κ1) is 18.9. The first-order valence-electron chi connectivity index (χ1n) is 8.58. The quantitative estimate of drug-likeness (QED) is 0.498. The molecule has 0 heterocycles. The number of hydrazine groups is 1. The molecule has 0 spiro atoms. The van der Waals surface area contributed by atoms with Gasteiger partial charge in [0.05, 0.1) is 29.8 Å². The molecular weight excluding hydrogens is 358 g/mol. The highest BCUT2D eigenvalue weighted by atomic mass is 16.6. The van der Waals surface area contributed by atoms with Crippen molar-refractivity contribution in [3.63, 3.8) is 0 Å². The van der Waals surface area contributed by atoms with E-state index in [1.807, 2.05) is 60.7 Å². The molecule has 0 saturated heterocycles. The molecule has 0 bridgehead atoms. The third kappa shape index (κ3) is 4.45. The van der Waals surface area contributed by atoms with Gasteiger partial charge in [-0.05, 0) is 23.8 Å². The highest BCUT2D eigenvalue weighted by Crippen LogP contribution is 2.24. The van der Waals surface area contributed by atoms with Gasteiger partial charge in [0.25, 0.3) is 11.6 Å². The summed E-state index contributed by atoms with van der Waals surface area (Å²) < 4.78 is 5.20. The fourth-order valence-electron chi connectivity index (χ4n) is 2.74. The van der Waals surface area contributed by atoms with Crippen LogP contribution in [-0.2, 0) is 6.54 Å². The van der Waals surface area contributed by atoms with Crippen molar-refractivity contribution in [1.82, 2.24) is 5.43 Å². The van der Waals surface area contributed by atoms with Crippen LogP contribution < -0.4 is 15.2 Å². The predicted octanol–water partition coefficient (Wildman–Crippen LogP) is 3.96. The molecule has 3 aromatic carbocycles. The SMILES string of the molecule is COc1ccc([N+](=O)[O-])cc1C(=O)NN(Cc1ccccc1)c1ccccc1. The summed E-state index contributed by atoms with van der Waals surface area (Å²) in [5.74, 6) is -0.240. The van der Waals surface area contributed by atoms with Gasteiger partial charge in [-0.3, -0.25) is 25.3 Å². The number of hydrogen-bond acceptors (Lipinski definition) is 5. The molecule has 0 saturated carbocycles. The molecule has 0 atom stereocenters. The molecule has 0 aromatic heterocycles. The zero-order chi connectivity index (χ0) is 19.9. The lowest BCUT2D eigenvalue weighted by Gasteiger charge is -2.26. The summed E-state index contributed by atoms with van der Waals surface area (Å²) in [5, 5.41) is 12.8. The van der Waals surface area contributed by atoms with Crippen molar-refractivity contribution in [1.29, 1.82) is 0 Å². The van der Waals surface area contributed by atoms with Crippen LogP contribution in [0.2, 0.25) is 0 Å². The van der Waals surface area contributed by atoms with E-state index in [9.17, 15) is 14.9 Å². The van der Waals surface area contributed by atoms with Gasteiger partial charge >= 0.3 is 0 Å². The van der Waals surface area contributed by atoms with Gasteiger partial charge in [0.1, 0.15) is 5.75 Å². The number of hydrogen-bond donors (Lipinski definition) is 1. The molecule has 7 heteroatoms. The van der Waals surface area contributed by atoms with Gasteiger partial charge in [-0.25, -0.2) is 0 Å². The average Bonchev–Trinajstić information content (AvgIpc) is 2.74. The Bertz CT molecular complexity index is 962. The molecule has 142 valence electrons. The largest absolute Gasteiger partial charge is 0.496 e. The van der Waals surface area contributed by atoms with Crippen molar-refractivity contribution in [3.8, 4) is 5.75 Å². The number of nitro groups is 1. The fraction of sp³-hybridized carbons (Fsp3) is 0.0952. The molecule has 3 aromatic rings. The van der Waals surface area contributed by atoms with Crippen LogP contribution in [0.25, 0.3) is 0 Å². The first-order valence-corrected chi connectivity index (χ1v) is 8.58. The van der Waals surface area contributed by atoms with Crippen molar-refractivity contribution in [2.75, 3.05) is 12.1 Å². The monoisotopic (exact) mass is 377 g/mol. The zero-order valence-corrected chi connectivity index (χ0v) is 15.2. The molecule has 0 aliphatic carbocycles. The number of nitrogens with zero attached hydrogens (tertiary/aromatic N) is 2. The number of anilines is 1. The Kier molecular flexibility index (Phi) is 5.86. The summed E-state index contributed by atoms with van der Waals surface area (Å²) in [7, 11) is 1.41. The van der Waals surface area contributed by atoms with Crippen molar-refractivity contribution >= 4 is 17.3 Å². The Morgan fingerprint density at radius 2 is 1.68 bits per heavy atom. The van der Waals surface area contributed by atoms with Crippen LogP contribution in [0.1, 0.15) is 15.9 Å². The Balaban J connectivity index is 1.91. The number of methoxy groups -OCH3 is 1. The lowest BCUT2D eigenvalue weighted by atomic mass is 10.1. The van der Waals surface area contributed by atoms with Crippen molar-refractivity contribution in [2.45, 2.75) is 6.54 Å². The number of rotatable bonds is 7. The molecule has 0 unspecified atom stereocenters. The van der Waals surface area contributed by atoms with Crippen LogP contribution in [0.3, 0.4) is 0 Å². The maximum absolute atomic E-state index is 12.9. The second-order valence-corrected chi connectivity index (χ2v) is 5.99. The number of nitrogens with one attached hydrogen (secondary N) is 1. The van der Waals surface area contributed by atoms with Crippen molar-refractivity contribution < 1.29 is 14.5 Å². The summed E-state index contributed by atoms with van der Waals surface area (Å²) in [6.45, 7) is 0.424. The number of non-ortho nitro benzene ring substituents is 1. The van der Waals surface area contributed by atoms with Crippen LogP contribution in [-0.4, -0.2) is 17.9 Å². The van der Waals surface area contributed by atoms with E-state index in [-0.39, 0.29) is 17.0 Å². The van der Waals surface area contributed by atoms with Gasteiger partial charge in [0.2, 0.25) is 0 Å². The van der Waals surface area contributed by atoms with E-state index in [0.29, 0.717) is 6.54 Å². The summed E-state index contributed by atoms with van der Waals surface area (Å²) in [4.78, 5) is 23.5. The standard InChI is InChI=1S/C21H19N3O4/c1-28-20-13-12-18(24(26)27)14-19(20)21(25)22-23(17-10-6-3-7-11-17)15-16-8-4-2-5-9-16/h2-14H,15H2,1H3,(H,22,25). The van der Waals surface area contributed by atoms with E-state index >= 15 is 0 Å². The van der Waals surface area contributed by atoms with Crippen LogP contribution >= 0.6 is 0 Å². The maximum atomic E-state index is 12.9. The zero-order valence-electron chi connectivity index (χ0n) is 15.2. The van der Waals surface area contributed by atoms with Gasteiger partial charge in [-0.15, -0.1) is 0 Å². The predicted molar refractivity (Wildman–Crippen MR) is 106 cm³/mol. The molecule has 28 heavy (non-hydrogen) atoms. The van der Waals surface area contributed by atoms with E-state index in [4.69, 9.17) is 4.74 Å². The number of amides is 1. The lowest BCUT2D eigenvalue weighted by Crippen LogP contribution is -2.42. The smallest absolute Gasteiger partial charge is 0.273 e. The van der Waals surface area contributed by atoms with E-state index < -0.39 is 10.8 Å². The van der Waals surface area contributed by atoms with Crippen LogP contribution in [0.4, 0.5) is 11.4 Å².